The zero-order chi connectivity index (χ0) is 18.7. The second-order valence-electron chi connectivity index (χ2n) is 6.99. The van der Waals surface area contributed by atoms with E-state index in [0.29, 0.717) is 4.88 Å². The van der Waals surface area contributed by atoms with Crippen molar-refractivity contribution in [2.45, 2.75) is 58.7 Å². The highest BCUT2D eigenvalue weighted by atomic mass is 32.1. The molecule has 2 aromatic heterocycles. The van der Waals surface area contributed by atoms with Crippen molar-refractivity contribution < 1.29 is 9.59 Å². The lowest BCUT2D eigenvalue weighted by atomic mass is 10.0. The molecule has 2 aromatic rings. The number of fused-ring (bicyclic) bond motifs is 1. The Labute approximate surface area is 157 Å². The molecule has 26 heavy (non-hydrogen) atoms. The first kappa shape index (κ1) is 18.6. The second kappa shape index (κ2) is 7.99. The SMILES string of the molecule is CC(C)[C@H](NC(=O)c1cccs1)C(=O)N[C@@H](C)c1nnc2n1CCCC2. The van der Waals surface area contributed by atoms with Gasteiger partial charge >= 0.3 is 0 Å². The Morgan fingerprint density at radius 1 is 1.19 bits per heavy atom. The van der Waals surface area contributed by atoms with Crippen LogP contribution in [0.3, 0.4) is 0 Å². The Morgan fingerprint density at radius 2 is 2.00 bits per heavy atom. The molecule has 7 nitrogen and oxygen atoms in total. The molecular formula is C18H25N5O2S. The fourth-order valence-electron chi connectivity index (χ4n) is 3.17. The number of aryl methyl sites for hydroxylation is 1. The zero-order valence-corrected chi connectivity index (χ0v) is 16.2. The highest BCUT2D eigenvalue weighted by molar-refractivity contribution is 7.12. The van der Waals surface area contributed by atoms with Crippen LogP contribution in [0.1, 0.15) is 61.0 Å². The van der Waals surface area contributed by atoms with Gasteiger partial charge < -0.3 is 15.2 Å². The van der Waals surface area contributed by atoms with E-state index in [9.17, 15) is 9.59 Å². The van der Waals surface area contributed by atoms with Crippen LogP contribution in [0, 0.1) is 5.92 Å². The first-order valence-electron chi connectivity index (χ1n) is 9.04. The van der Waals surface area contributed by atoms with E-state index in [0.717, 1.165) is 37.5 Å². The molecule has 1 aliphatic rings. The summed E-state index contributed by atoms with van der Waals surface area (Å²) in [6, 6.07) is 2.71. The fraction of sp³-hybridized carbons (Fsp3) is 0.556. The highest BCUT2D eigenvalue weighted by Crippen LogP contribution is 2.19. The third-order valence-electron chi connectivity index (χ3n) is 4.61. The third kappa shape index (κ3) is 3.95. The largest absolute Gasteiger partial charge is 0.345 e. The van der Waals surface area contributed by atoms with Crippen LogP contribution in [0.4, 0.5) is 0 Å². The average molecular weight is 375 g/mol. The van der Waals surface area contributed by atoms with Gasteiger partial charge in [0.05, 0.1) is 10.9 Å². The molecule has 0 fully saturated rings. The lowest BCUT2D eigenvalue weighted by Gasteiger charge is -2.24. The second-order valence-corrected chi connectivity index (χ2v) is 7.93. The van der Waals surface area contributed by atoms with Crippen molar-refractivity contribution in [1.82, 2.24) is 25.4 Å². The molecule has 2 amide bonds. The van der Waals surface area contributed by atoms with Crippen LogP contribution in [0.5, 0.6) is 0 Å². The normalized spacial score (nSPS) is 16.0. The number of carbonyl (C=O) groups is 2. The van der Waals surface area contributed by atoms with Crippen molar-refractivity contribution >= 4 is 23.2 Å². The molecule has 0 radical (unpaired) electrons. The third-order valence-corrected chi connectivity index (χ3v) is 5.48. The van der Waals surface area contributed by atoms with Crippen LogP contribution in [0.15, 0.2) is 17.5 Å². The molecule has 1 aliphatic heterocycles. The summed E-state index contributed by atoms with van der Waals surface area (Å²) in [7, 11) is 0. The van der Waals surface area contributed by atoms with Crippen LogP contribution in [0.2, 0.25) is 0 Å². The van der Waals surface area contributed by atoms with E-state index >= 15 is 0 Å². The van der Waals surface area contributed by atoms with E-state index in [1.807, 2.05) is 32.2 Å². The summed E-state index contributed by atoms with van der Waals surface area (Å²) >= 11 is 1.36. The van der Waals surface area contributed by atoms with Gasteiger partial charge in [-0.15, -0.1) is 21.5 Å². The monoisotopic (exact) mass is 375 g/mol. The van der Waals surface area contributed by atoms with Crippen molar-refractivity contribution in [3.05, 3.63) is 34.0 Å². The van der Waals surface area contributed by atoms with E-state index in [4.69, 9.17) is 0 Å². The molecule has 140 valence electrons. The molecule has 2 N–H and O–H groups in total. The minimum Gasteiger partial charge on any atom is -0.345 e. The van der Waals surface area contributed by atoms with Crippen molar-refractivity contribution in [2.24, 2.45) is 5.92 Å². The van der Waals surface area contributed by atoms with Crippen molar-refractivity contribution in [2.75, 3.05) is 0 Å². The number of hydrogen-bond donors (Lipinski definition) is 2. The van der Waals surface area contributed by atoms with Crippen LogP contribution < -0.4 is 10.6 Å². The predicted molar refractivity (Wildman–Crippen MR) is 99.9 cm³/mol. The minimum absolute atomic E-state index is 0.0292. The predicted octanol–water partition coefficient (Wildman–Crippen LogP) is 2.31. The van der Waals surface area contributed by atoms with Gasteiger partial charge in [0.15, 0.2) is 5.82 Å². The summed E-state index contributed by atoms with van der Waals surface area (Å²) in [5.74, 6) is 1.31. The van der Waals surface area contributed by atoms with Gasteiger partial charge in [-0.2, -0.15) is 0 Å². The zero-order valence-electron chi connectivity index (χ0n) is 15.4. The van der Waals surface area contributed by atoms with E-state index < -0.39 is 6.04 Å². The van der Waals surface area contributed by atoms with Gasteiger partial charge in [0.1, 0.15) is 11.9 Å². The Hall–Kier alpha value is -2.22. The number of thiophene rings is 1. The van der Waals surface area contributed by atoms with E-state index in [-0.39, 0.29) is 23.8 Å². The molecule has 0 saturated heterocycles. The number of carbonyl (C=O) groups excluding carboxylic acids is 2. The van der Waals surface area contributed by atoms with Gasteiger partial charge in [-0.1, -0.05) is 19.9 Å². The minimum atomic E-state index is -0.601. The Morgan fingerprint density at radius 3 is 2.69 bits per heavy atom. The topological polar surface area (TPSA) is 88.9 Å². The maximum atomic E-state index is 12.8. The highest BCUT2D eigenvalue weighted by Gasteiger charge is 2.28. The van der Waals surface area contributed by atoms with Gasteiger partial charge in [0.25, 0.3) is 5.91 Å². The lowest BCUT2D eigenvalue weighted by molar-refractivity contribution is -0.124. The number of rotatable bonds is 6. The van der Waals surface area contributed by atoms with Crippen LogP contribution >= 0.6 is 11.3 Å². The lowest BCUT2D eigenvalue weighted by Crippen LogP contribution is -2.50. The molecule has 0 unspecified atom stereocenters. The van der Waals surface area contributed by atoms with Crippen molar-refractivity contribution in [3.8, 4) is 0 Å². The van der Waals surface area contributed by atoms with Crippen molar-refractivity contribution in [3.63, 3.8) is 0 Å². The Kier molecular flexibility index (Phi) is 5.70. The van der Waals surface area contributed by atoms with Gasteiger partial charge in [0.2, 0.25) is 5.91 Å². The van der Waals surface area contributed by atoms with Gasteiger partial charge in [-0.05, 0) is 37.1 Å². The average Bonchev–Trinajstić information content (AvgIpc) is 3.28. The van der Waals surface area contributed by atoms with E-state index in [1.54, 1.807) is 6.07 Å². The molecule has 3 rings (SSSR count). The number of amides is 2. The molecule has 0 bridgehead atoms. The first-order valence-corrected chi connectivity index (χ1v) is 9.92. The standard InChI is InChI=1S/C18H25N5O2S/c1-11(2)15(20-17(24)13-7-6-10-26-13)18(25)19-12(3)16-22-21-14-8-4-5-9-23(14)16/h6-7,10-12,15H,4-5,8-9H2,1-3H3,(H,19,25)(H,20,24)/t12-,15-/m0/s1. The number of nitrogens with zero attached hydrogens (tertiary/aromatic N) is 3. The molecular weight excluding hydrogens is 350 g/mol. The van der Waals surface area contributed by atoms with Crippen LogP contribution in [0.25, 0.3) is 0 Å². The Balaban J connectivity index is 1.68. The summed E-state index contributed by atoms with van der Waals surface area (Å²) in [4.78, 5) is 25.7. The molecule has 0 saturated carbocycles. The molecule has 2 atom stereocenters. The quantitative estimate of drug-likeness (QED) is 0.811. The molecule has 0 aromatic carbocycles. The summed E-state index contributed by atoms with van der Waals surface area (Å²) in [6.45, 7) is 6.63. The van der Waals surface area contributed by atoms with Crippen molar-refractivity contribution in [1.29, 1.82) is 0 Å². The maximum Gasteiger partial charge on any atom is 0.262 e. The molecule has 0 aliphatic carbocycles. The maximum absolute atomic E-state index is 12.8. The summed E-state index contributed by atoms with van der Waals surface area (Å²) < 4.78 is 2.10. The fourth-order valence-corrected chi connectivity index (χ4v) is 3.80. The summed E-state index contributed by atoms with van der Waals surface area (Å²) in [6.07, 6.45) is 3.16. The van der Waals surface area contributed by atoms with Gasteiger partial charge in [-0.25, -0.2) is 0 Å². The number of nitrogens with one attached hydrogen (secondary N) is 2. The molecule has 8 heteroatoms. The number of hydrogen-bond acceptors (Lipinski definition) is 5. The summed E-state index contributed by atoms with van der Waals surface area (Å²) in [5, 5.41) is 16.2. The van der Waals surface area contributed by atoms with Crippen LogP contribution in [-0.4, -0.2) is 32.6 Å². The number of aromatic nitrogens is 3. The first-order chi connectivity index (χ1) is 12.5. The van der Waals surface area contributed by atoms with Gasteiger partial charge in [0, 0.05) is 13.0 Å². The molecule has 3 heterocycles. The molecule has 0 spiro atoms. The van der Waals surface area contributed by atoms with Gasteiger partial charge in [-0.3, -0.25) is 9.59 Å². The van der Waals surface area contributed by atoms with Crippen LogP contribution in [-0.2, 0) is 17.8 Å². The smallest absolute Gasteiger partial charge is 0.262 e. The summed E-state index contributed by atoms with van der Waals surface area (Å²) in [5.41, 5.74) is 0. The Bertz CT molecular complexity index is 769. The van der Waals surface area contributed by atoms with E-state index in [1.165, 1.54) is 11.3 Å². The van der Waals surface area contributed by atoms with E-state index in [2.05, 4.69) is 25.4 Å².